The summed E-state index contributed by atoms with van der Waals surface area (Å²) in [6, 6.07) is 6.22. The monoisotopic (exact) mass is 400 g/mol. The number of nitrogens with zero attached hydrogens (tertiary/aromatic N) is 1. The summed E-state index contributed by atoms with van der Waals surface area (Å²) in [5.74, 6) is -2.59. The van der Waals surface area contributed by atoms with Crippen molar-refractivity contribution in [1.29, 1.82) is 5.26 Å². The van der Waals surface area contributed by atoms with E-state index >= 15 is 0 Å². The van der Waals surface area contributed by atoms with Crippen molar-refractivity contribution in [1.82, 2.24) is 4.98 Å². The van der Waals surface area contributed by atoms with Gasteiger partial charge in [-0.15, -0.1) is 0 Å². The van der Waals surface area contributed by atoms with Crippen LogP contribution >= 0.6 is 23.2 Å². The fourth-order valence-electron chi connectivity index (χ4n) is 2.47. The van der Waals surface area contributed by atoms with E-state index in [1.54, 1.807) is 0 Å². The van der Waals surface area contributed by atoms with E-state index in [1.807, 2.05) is 6.07 Å². The van der Waals surface area contributed by atoms with Gasteiger partial charge in [0.2, 0.25) is 0 Å². The summed E-state index contributed by atoms with van der Waals surface area (Å²) < 4.78 is 52.7. The van der Waals surface area contributed by atoms with Crippen LogP contribution in [0, 0.1) is 23.0 Å². The van der Waals surface area contributed by atoms with Crippen molar-refractivity contribution in [2.24, 2.45) is 0 Å². The van der Waals surface area contributed by atoms with E-state index in [2.05, 4.69) is 4.98 Å². The van der Waals surface area contributed by atoms with Gasteiger partial charge < -0.3 is 4.98 Å². The third-order valence-electron chi connectivity index (χ3n) is 3.65. The maximum absolute atomic E-state index is 13.9. The Bertz CT molecular complexity index is 1150. The van der Waals surface area contributed by atoms with Crippen LogP contribution in [-0.2, 0) is 15.6 Å². The molecular weight excluding hydrogens is 393 g/mol. The first-order chi connectivity index (χ1) is 11.7. The first-order valence-electron chi connectivity index (χ1n) is 6.80. The number of fused-ring (bicyclic) bond motifs is 1. The highest BCUT2D eigenvalue weighted by Gasteiger charge is 2.24. The largest absolute Gasteiger partial charge is 0.359 e. The molecule has 3 aromatic rings. The van der Waals surface area contributed by atoms with Crippen molar-refractivity contribution in [2.45, 2.75) is 10.6 Å². The number of hydrogen-bond acceptors (Lipinski definition) is 3. The van der Waals surface area contributed by atoms with Crippen LogP contribution < -0.4 is 0 Å². The lowest BCUT2D eigenvalue weighted by Gasteiger charge is -2.06. The number of aromatic nitrogens is 1. The Hall–Kier alpha value is -2.14. The van der Waals surface area contributed by atoms with Gasteiger partial charge in [-0.1, -0.05) is 23.2 Å². The minimum absolute atomic E-state index is 0.101. The Balaban J connectivity index is 2.12. The molecule has 0 fully saturated rings. The normalized spacial score (nSPS) is 11.6. The van der Waals surface area contributed by atoms with E-state index < -0.39 is 32.2 Å². The number of nitriles is 1. The number of rotatable bonds is 3. The van der Waals surface area contributed by atoms with Crippen molar-refractivity contribution in [3.63, 3.8) is 0 Å². The summed E-state index contributed by atoms with van der Waals surface area (Å²) in [6.07, 6.45) is 1.20. The molecule has 0 aliphatic heterocycles. The summed E-state index contributed by atoms with van der Waals surface area (Å²) in [4.78, 5) is 2.57. The quantitative estimate of drug-likeness (QED) is 0.652. The van der Waals surface area contributed by atoms with Crippen LogP contribution in [0.4, 0.5) is 8.78 Å². The first-order valence-corrected chi connectivity index (χ1v) is 9.21. The summed E-state index contributed by atoms with van der Waals surface area (Å²) in [7, 11) is -4.02. The summed E-state index contributed by atoms with van der Waals surface area (Å²) in [6.45, 7) is 0. The molecule has 0 radical (unpaired) electrons. The average molecular weight is 401 g/mol. The van der Waals surface area contributed by atoms with E-state index in [1.165, 1.54) is 18.3 Å². The first kappa shape index (κ1) is 17.7. The lowest BCUT2D eigenvalue weighted by molar-refractivity contribution is 0.579. The molecule has 0 aliphatic carbocycles. The summed E-state index contributed by atoms with van der Waals surface area (Å²) >= 11 is 11.4. The molecule has 0 amide bonds. The van der Waals surface area contributed by atoms with Gasteiger partial charge in [-0.25, -0.2) is 17.2 Å². The van der Waals surface area contributed by atoms with Gasteiger partial charge in [0.05, 0.1) is 31.8 Å². The molecule has 4 nitrogen and oxygen atoms in total. The highest BCUT2D eigenvalue weighted by atomic mass is 35.5. The number of H-pyrrole nitrogens is 1. The van der Waals surface area contributed by atoms with E-state index in [0.717, 1.165) is 12.1 Å². The Kier molecular flexibility index (Phi) is 4.45. The molecule has 0 bridgehead atoms. The van der Waals surface area contributed by atoms with Crippen molar-refractivity contribution < 1.29 is 17.2 Å². The molecule has 0 saturated heterocycles. The molecule has 9 heteroatoms. The van der Waals surface area contributed by atoms with Crippen LogP contribution in [0.2, 0.25) is 10.0 Å². The van der Waals surface area contributed by atoms with Gasteiger partial charge >= 0.3 is 0 Å². The molecule has 1 aromatic heterocycles. The predicted molar refractivity (Wildman–Crippen MR) is 90.3 cm³/mol. The van der Waals surface area contributed by atoms with Gasteiger partial charge in [0, 0.05) is 17.1 Å². The lowest BCUT2D eigenvalue weighted by Crippen LogP contribution is -2.06. The number of nitrogens with one attached hydrogen (secondary N) is 1. The van der Waals surface area contributed by atoms with Crippen molar-refractivity contribution in [3.8, 4) is 6.07 Å². The van der Waals surface area contributed by atoms with E-state index in [0.29, 0.717) is 0 Å². The summed E-state index contributed by atoms with van der Waals surface area (Å²) in [5.41, 5.74) is 0.0198. The van der Waals surface area contributed by atoms with E-state index in [9.17, 15) is 17.2 Å². The number of hydrogen-bond donors (Lipinski definition) is 1. The molecule has 0 spiro atoms. The maximum Gasteiger partial charge on any atom is 0.184 e. The highest BCUT2D eigenvalue weighted by Crippen LogP contribution is 2.31. The lowest BCUT2D eigenvalue weighted by atomic mass is 10.1. The smallest absolute Gasteiger partial charge is 0.184 e. The molecule has 1 heterocycles. The fraction of sp³-hybridized carbons (Fsp3) is 0.0625. The molecule has 128 valence electrons. The van der Waals surface area contributed by atoms with Crippen molar-refractivity contribution >= 4 is 43.9 Å². The molecule has 0 saturated carbocycles. The van der Waals surface area contributed by atoms with Crippen LogP contribution in [0.3, 0.4) is 0 Å². The van der Waals surface area contributed by atoms with Crippen LogP contribution in [0.15, 0.2) is 35.4 Å². The molecule has 0 unspecified atom stereocenters. The molecule has 0 atom stereocenters. The predicted octanol–water partition coefficient (Wildman–Crippen LogP) is 4.60. The Morgan fingerprint density at radius 3 is 2.52 bits per heavy atom. The molecule has 3 rings (SSSR count). The fourth-order valence-corrected chi connectivity index (χ4v) is 4.35. The second-order valence-electron chi connectivity index (χ2n) is 5.23. The minimum Gasteiger partial charge on any atom is -0.359 e. The van der Waals surface area contributed by atoms with Gasteiger partial charge in [0.1, 0.15) is 17.7 Å². The van der Waals surface area contributed by atoms with Gasteiger partial charge in [0.15, 0.2) is 9.84 Å². The van der Waals surface area contributed by atoms with Gasteiger partial charge in [0.25, 0.3) is 0 Å². The van der Waals surface area contributed by atoms with E-state index in [4.69, 9.17) is 28.5 Å². The van der Waals surface area contributed by atoms with E-state index in [-0.39, 0.29) is 31.9 Å². The van der Waals surface area contributed by atoms with Crippen molar-refractivity contribution in [2.75, 3.05) is 0 Å². The Morgan fingerprint density at radius 1 is 1.12 bits per heavy atom. The number of sulfone groups is 1. The zero-order chi connectivity index (χ0) is 18.4. The highest BCUT2D eigenvalue weighted by molar-refractivity contribution is 7.90. The molecule has 25 heavy (non-hydrogen) atoms. The number of aromatic amines is 1. The van der Waals surface area contributed by atoms with Crippen LogP contribution in [0.1, 0.15) is 11.1 Å². The molecular formula is C16H8Cl2F2N2O2S. The third kappa shape index (κ3) is 3.09. The van der Waals surface area contributed by atoms with Crippen LogP contribution in [0.25, 0.3) is 10.9 Å². The maximum atomic E-state index is 13.9. The Labute approximate surface area is 151 Å². The topological polar surface area (TPSA) is 73.7 Å². The van der Waals surface area contributed by atoms with Crippen molar-refractivity contribution in [3.05, 3.63) is 63.3 Å². The second kappa shape index (κ2) is 6.30. The van der Waals surface area contributed by atoms with Crippen LogP contribution in [0.5, 0.6) is 0 Å². The molecule has 2 aromatic carbocycles. The van der Waals surface area contributed by atoms with Gasteiger partial charge in [-0.2, -0.15) is 5.26 Å². The molecule has 1 N–H and O–H groups in total. The zero-order valence-corrected chi connectivity index (χ0v) is 14.6. The average Bonchev–Trinajstić information content (AvgIpc) is 2.97. The van der Waals surface area contributed by atoms with Gasteiger partial charge in [-0.05, 0) is 24.3 Å². The number of halogens is 4. The van der Waals surface area contributed by atoms with Crippen LogP contribution in [-0.4, -0.2) is 13.4 Å². The Morgan fingerprint density at radius 2 is 1.84 bits per heavy atom. The third-order valence-corrected chi connectivity index (χ3v) is 5.95. The molecule has 0 aliphatic rings. The number of benzene rings is 2. The zero-order valence-electron chi connectivity index (χ0n) is 12.3. The summed E-state index contributed by atoms with van der Waals surface area (Å²) in [5, 5.41) is 9.14. The minimum atomic E-state index is -4.02. The standard InChI is InChI=1S/C16H8Cl2F2N2O2S/c17-11-2-1-9-15(6-22-16(9)10(11)5-21)25(23,24)7-8-3-14(20)12(18)4-13(8)19/h1-4,6,22H,7H2. The van der Waals surface area contributed by atoms with Gasteiger partial charge in [-0.3, -0.25) is 0 Å². The SMILES string of the molecule is N#Cc1c(Cl)ccc2c(S(=O)(=O)Cc3cc(F)c(Cl)cc3F)c[nH]c12. The second-order valence-corrected chi connectivity index (χ2v) is 8.00.